The van der Waals surface area contributed by atoms with E-state index in [4.69, 9.17) is 21.3 Å². The summed E-state index contributed by atoms with van der Waals surface area (Å²) in [6, 6.07) is 5.15. The quantitative estimate of drug-likeness (QED) is 0.820. The van der Waals surface area contributed by atoms with Gasteiger partial charge in [0.1, 0.15) is 5.75 Å². The van der Waals surface area contributed by atoms with E-state index in [0.29, 0.717) is 0 Å². The first-order valence-electron chi connectivity index (χ1n) is 3.85. The van der Waals surface area contributed by atoms with E-state index in [1.807, 2.05) is 13.0 Å². The van der Waals surface area contributed by atoms with Gasteiger partial charge in [0.2, 0.25) is 0 Å². The number of halogens is 1. The average molecular weight is 237 g/mol. The molecule has 1 aromatic carbocycles. The maximum absolute atomic E-state index is 11.0. The van der Waals surface area contributed by atoms with Crippen molar-refractivity contribution in [1.82, 2.24) is 0 Å². The summed E-state index contributed by atoms with van der Waals surface area (Å²) in [7, 11) is -4.18. The summed E-state index contributed by atoms with van der Waals surface area (Å²) in [5.41, 5.74) is 1.73. The van der Waals surface area contributed by atoms with Crippen molar-refractivity contribution < 1.29 is 18.1 Å². The van der Waals surface area contributed by atoms with Crippen molar-refractivity contribution >= 4 is 19.7 Å². The summed E-state index contributed by atoms with van der Waals surface area (Å²) < 4.78 is 19.5. The van der Waals surface area contributed by atoms with Gasteiger partial charge in [-0.05, 0) is 31.0 Å². The molecule has 78 valence electrons. The summed E-state index contributed by atoms with van der Waals surface area (Å²) in [6.07, 6.45) is 0. The Balaban J connectivity index is 2.98. The van der Waals surface area contributed by atoms with Crippen LogP contribution < -0.4 is 4.52 Å². The molecule has 0 saturated carbocycles. The molecule has 1 N–H and O–H groups in total. The van der Waals surface area contributed by atoms with E-state index in [0.717, 1.165) is 11.1 Å². The van der Waals surface area contributed by atoms with E-state index in [1.165, 1.54) is 0 Å². The molecular weight excluding hydrogens is 227 g/mol. The monoisotopic (exact) mass is 236 g/mol. The highest BCUT2D eigenvalue weighted by Crippen LogP contribution is 2.46. The molecule has 14 heavy (non-hydrogen) atoms. The van der Waals surface area contributed by atoms with Gasteiger partial charge >= 0.3 is 7.82 Å². The number of aryl methyl sites for hydroxylation is 1. The third kappa shape index (κ3) is 2.72. The molecule has 0 fully saturated rings. The zero-order valence-corrected chi connectivity index (χ0v) is 9.38. The minimum Gasteiger partial charge on any atom is -0.403 e. The zero-order valence-electron chi connectivity index (χ0n) is 7.73. The Morgan fingerprint density at radius 1 is 1.43 bits per heavy atom. The second kappa shape index (κ2) is 4.32. The van der Waals surface area contributed by atoms with E-state index < -0.39 is 7.82 Å². The van der Waals surface area contributed by atoms with Crippen LogP contribution in [0.25, 0.3) is 0 Å². The molecule has 6 heteroatoms. The van der Waals surface area contributed by atoms with Crippen molar-refractivity contribution in [3.63, 3.8) is 0 Å². The van der Waals surface area contributed by atoms with Crippen LogP contribution in [0.5, 0.6) is 5.75 Å². The molecule has 0 spiro atoms. The average Bonchev–Trinajstić information content (AvgIpc) is 2.13. The normalized spacial score (nSPS) is 14.9. The molecule has 1 atom stereocenters. The topological polar surface area (TPSA) is 55.8 Å². The minimum atomic E-state index is -4.18. The third-order valence-corrected chi connectivity index (χ3v) is 2.98. The first-order valence-corrected chi connectivity index (χ1v) is 5.65. The predicted molar refractivity (Wildman–Crippen MR) is 53.3 cm³/mol. The molecule has 0 radical (unpaired) electrons. The van der Waals surface area contributed by atoms with Crippen LogP contribution in [-0.2, 0) is 8.64 Å². The Bertz CT molecular complexity index is 380. The number of hydrogen-bond donors (Lipinski definition) is 1. The van der Waals surface area contributed by atoms with Crippen LogP contribution in [0.1, 0.15) is 11.1 Å². The fourth-order valence-electron chi connectivity index (χ4n) is 0.961. The predicted octanol–water partition coefficient (Wildman–Crippen LogP) is 2.95. The van der Waals surface area contributed by atoms with E-state index in [2.05, 4.69) is 4.08 Å². The lowest BCUT2D eigenvalue weighted by atomic mass is 10.1. The van der Waals surface area contributed by atoms with Crippen LogP contribution in [0, 0.1) is 13.8 Å². The second-order valence-corrected chi connectivity index (χ2v) is 4.50. The van der Waals surface area contributed by atoms with Crippen molar-refractivity contribution in [2.75, 3.05) is 0 Å². The number of hydrogen-bond acceptors (Lipinski definition) is 3. The second-order valence-electron chi connectivity index (χ2n) is 2.83. The fraction of sp³-hybridized carbons (Fsp3) is 0.250. The first-order chi connectivity index (χ1) is 6.46. The van der Waals surface area contributed by atoms with Gasteiger partial charge in [-0.2, -0.15) is 4.08 Å². The molecule has 0 aliphatic carbocycles. The van der Waals surface area contributed by atoms with Gasteiger partial charge in [-0.1, -0.05) is 12.1 Å². The van der Waals surface area contributed by atoms with Crippen LogP contribution >= 0.6 is 19.7 Å². The van der Waals surface area contributed by atoms with E-state index in [1.54, 1.807) is 19.1 Å². The molecule has 1 rings (SSSR count). The van der Waals surface area contributed by atoms with Crippen LogP contribution in [0.2, 0.25) is 0 Å². The van der Waals surface area contributed by atoms with Gasteiger partial charge in [0.15, 0.2) is 0 Å². The number of benzene rings is 1. The van der Waals surface area contributed by atoms with E-state index in [-0.39, 0.29) is 5.75 Å². The Labute approximate surface area is 87.2 Å². The van der Waals surface area contributed by atoms with E-state index in [9.17, 15) is 4.57 Å². The lowest BCUT2D eigenvalue weighted by molar-refractivity contribution is 0.299. The molecule has 1 aromatic rings. The number of rotatable bonds is 3. The lowest BCUT2D eigenvalue weighted by Gasteiger charge is -2.11. The fourth-order valence-corrected chi connectivity index (χ4v) is 1.52. The van der Waals surface area contributed by atoms with E-state index >= 15 is 0 Å². The lowest BCUT2D eigenvalue weighted by Crippen LogP contribution is -1.94. The highest BCUT2D eigenvalue weighted by atomic mass is 35.5. The summed E-state index contributed by atoms with van der Waals surface area (Å²) in [5, 5.41) is 0. The van der Waals surface area contributed by atoms with Crippen LogP contribution in [0.3, 0.4) is 0 Å². The molecule has 0 aromatic heterocycles. The molecule has 0 aliphatic rings. The summed E-state index contributed by atoms with van der Waals surface area (Å²) in [5.74, 6) is 0.288. The van der Waals surface area contributed by atoms with Crippen LogP contribution in [-0.4, -0.2) is 4.89 Å². The summed E-state index contributed by atoms with van der Waals surface area (Å²) >= 11 is 4.80. The first kappa shape index (κ1) is 11.5. The highest BCUT2D eigenvalue weighted by molar-refractivity contribution is 7.48. The van der Waals surface area contributed by atoms with Gasteiger partial charge in [-0.25, -0.2) is 4.57 Å². The minimum absolute atomic E-state index is 0.288. The van der Waals surface area contributed by atoms with Gasteiger partial charge in [-0.3, -0.25) is 4.89 Å². The Hall–Kier alpha value is -0.540. The van der Waals surface area contributed by atoms with Gasteiger partial charge in [0.25, 0.3) is 0 Å². The van der Waals surface area contributed by atoms with Gasteiger partial charge in [0, 0.05) is 0 Å². The number of phosphoric ester groups is 1. The zero-order chi connectivity index (χ0) is 10.8. The van der Waals surface area contributed by atoms with Gasteiger partial charge < -0.3 is 4.52 Å². The van der Waals surface area contributed by atoms with Crippen molar-refractivity contribution in [2.45, 2.75) is 13.8 Å². The van der Waals surface area contributed by atoms with Crippen molar-refractivity contribution in [3.05, 3.63) is 29.3 Å². The number of phosphoric acid groups is 1. The maximum atomic E-state index is 11.0. The maximum Gasteiger partial charge on any atom is 0.544 e. The molecule has 0 heterocycles. The molecule has 0 aliphatic heterocycles. The summed E-state index contributed by atoms with van der Waals surface area (Å²) in [6.45, 7) is 3.64. The molecule has 0 amide bonds. The summed E-state index contributed by atoms with van der Waals surface area (Å²) in [4.78, 5) is 8.97. The smallest absolute Gasteiger partial charge is 0.403 e. The SMILES string of the molecule is Cc1cccc(OP(=O)(O)OCl)c1C. The molecule has 4 nitrogen and oxygen atoms in total. The van der Waals surface area contributed by atoms with Gasteiger partial charge in [-0.15, -0.1) is 0 Å². The van der Waals surface area contributed by atoms with Gasteiger partial charge in [0.05, 0.1) is 11.9 Å². The molecule has 0 saturated heterocycles. The largest absolute Gasteiger partial charge is 0.544 e. The molecule has 0 bridgehead atoms. The Morgan fingerprint density at radius 3 is 2.64 bits per heavy atom. The van der Waals surface area contributed by atoms with Crippen molar-refractivity contribution in [1.29, 1.82) is 0 Å². The standard InChI is InChI=1S/C8H10ClO4P/c1-6-4-3-5-8(7(6)2)12-14(10,11)13-9/h3-5H,1-2H3,(H,10,11). The van der Waals surface area contributed by atoms with Crippen molar-refractivity contribution in [2.24, 2.45) is 0 Å². The third-order valence-electron chi connectivity index (χ3n) is 1.86. The van der Waals surface area contributed by atoms with Crippen LogP contribution in [0.15, 0.2) is 18.2 Å². The molecule has 1 unspecified atom stereocenters. The van der Waals surface area contributed by atoms with Crippen LogP contribution in [0.4, 0.5) is 0 Å². The molecular formula is C8H10ClO4P. The Kier molecular flexibility index (Phi) is 3.56. The van der Waals surface area contributed by atoms with Crippen molar-refractivity contribution in [3.8, 4) is 5.75 Å². The highest BCUT2D eigenvalue weighted by Gasteiger charge is 2.23. The Morgan fingerprint density at radius 2 is 2.07 bits per heavy atom.